The van der Waals surface area contributed by atoms with Gasteiger partial charge in [-0.1, -0.05) is 47.6 Å². The lowest BCUT2D eigenvalue weighted by Gasteiger charge is -2.52. The number of fused-ring (bicyclic) bond motifs is 4. The van der Waals surface area contributed by atoms with Crippen molar-refractivity contribution >= 4 is 0 Å². The van der Waals surface area contributed by atoms with Crippen LogP contribution in [-0.2, 0) is 11.2 Å². The van der Waals surface area contributed by atoms with Crippen LogP contribution >= 0.6 is 0 Å². The molecule has 0 unspecified atom stereocenters. The van der Waals surface area contributed by atoms with Crippen molar-refractivity contribution in [3.05, 3.63) is 29.6 Å². The van der Waals surface area contributed by atoms with E-state index in [1.807, 2.05) is 18.2 Å². The van der Waals surface area contributed by atoms with Crippen molar-refractivity contribution in [3.63, 3.8) is 0 Å². The summed E-state index contributed by atoms with van der Waals surface area (Å²) in [6, 6.07) is 6.02. The van der Waals surface area contributed by atoms with Gasteiger partial charge in [-0.05, 0) is 62.5 Å². The van der Waals surface area contributed by atoms with Crippen LogP contribution in [0, 0.1) is 33.5 Å². The van der Waals surface area contributed by atoms with E-state index < -0.39 is 11.2 Å². The Bertz CT molecular complexity index is 768. The fourth-order valence-corrected chi connectivity index (χ4v) is 8.63. The number of nitrogens with zero attached hydrogens (tertiary/aromatic N) is 1. The molecule has 1 aromatic rings. The van der Waals surface area contributed by atoms with Crippen molar-refractivity contribution in [2.24, 2.45) is 33.5 Å². The summed E-state index contributed by atoms with van der Waals surface area (Å²) in [5.41, 5.74) is -1.03. The normalized spacial score (nSPS) is 50.4. The lowest BCUT2D eigenvalue weighted by molar-refractivity contribution is -0.161. The molecule has 0 amide bonds. The Balaban J connectivity index is 1.66. The Morgan fingerprint density at radius 1 is 0.750 bits per heavy atom. The monoisotopic (exact) mass is 383 g/mol. The first kappa shape index (κ1) is 19.1. The van der Waals surface area contributed by atoms with Gasteiger partial charge in [0.25, 0.3) is 0 Å². The van der Waals surface area contributed by atoms with Crippen molar-refractivity contribution in [2.75, 3.05) is 0 Å². The number of hydrogen-bond donors (Lipinski definition) is 2. The van der Waals surface area contributed by atoms with Crippen LogP contribution in [0.15, 0.2) is 18.2 Å². The van der Waals surface area contributed by atoms with Crippen LogP contribution in [0.4, 0.5) is 0 Å². The van der Waals surface area contributed by atoms with Crippen LogP contribution in [-0.4, -0.2) is 15.2 Å². The maximum absolute atomic E-state index is 12.2. The quantitative estimate of drug-likeness (QED) is 0.742. The molecule has 0 spiro atoms. The lowest BCUT2D eigenvalue weighted by atomic mass is 9.57. The molecule has 2 N–H and O–H groups in total. The molecule has 0 aliphatic heterocycles. The zero-order valence-corrected chi connectivity index (χ0v) is 18.5. The van der Waals surface area contributed by atoms with E-state index in [1.165, 1.54) is 12.8 Å². The maximum Gasteiger partial charge on any atom is 0.117 e. The topological polar surface area (TPSA) is 53.4 Å². The van der Waals surface area contributed by atoms with E-state index in [9.17, 15) is 10.2 Å². The van der Waals surface area contributed by atoms with Crippen LogP contribution in [0.1, 0.15) is 91.5 Å². The van der Waals surface area contributed by atoms with Gasteiger partial charge in [0.2, 0.25) is 0 Å². The maximum atomic E-state index is 12.2. The molecule has 4 saturated carbocycles. The smallest absolute Gasteiger partial charge is 0.117 e. The van der Waals surface area contributed by atoms with E-state index in [4.69, 9.17) is 4.98 Å². The van der Waals surface area contributed by atoms with Gasteiger partial charge in [-0.2, -0.15) is 0 Å². The first-order valence-electron chi connectivity index (χ1n) is 11.3. The Kier molecular flexibility index (Phi) is 3.42. The van der Waals surface area contributed by atoms with E-state index >= 15 is 0 Å². The third-order valence-corrected chi connectivity index (χ3v) is 10.6. The predicted octanol–water partition coefficient (Wildman–Crippen LogP) is 5.15. The minimum Gasteiger partial charge on any atom is -0.382 e. The molecule has 154 valence electrons. The fourth-order valence-electron chi connectivity index (χ4n) is 8.63. The van der Waals surface area contributed by atoms with Crippen LogP contribution in [0.25, 0.3) is 0 Å². The molecular formula is C25H37NO2. The summed E-state index contributed by atoms with van der Waals surface area (Å²) in [6.07, 6.45) is 6.64. The van der Waals surface area contributed by atoms with Crippen LogP contribution in [0.2, 0.25) is 0 Å². The Labute approximate surface area is 170 Å². The molecule has 6 atom stereocenters. The SMILES string of the molecule is CC1(C)[C@@H]2CC[C@](C)(C2)[C@@]1(O)c1cccc([C@@]2(O)C(C)(C)[C@@H]3CC[C@]2(C)C3)n1. The van der Waals surface area contributed by atoms with Crippen LogP contribution < -0.4 is 0 Å². The second-order valence-corrected chi connectivity index (χ2v) is 12.3. The number of aliphatic hydroxyl groups is 2. The van der Waals surface area contributed by atoms with Gasteiger partial charge in [-0.3, -0.25) is 4.98 Å². The highest BCUT2D eigenvalue weighted by Gasteiger charge is 2.72. The summed E-state index contributed by atoms with van der Waals surface area (Å²) >= 11 is 0. The van der Waals surface area contributed by atoms with E-state index in [1.54, 1.807) is 0 Å². The van der Waals surface area contributed by atoms with Gasteiger partial charge in [-0.25, -0.2) is 0 Å². The second-order valence-electron chi connectivity index (χ2n) is 12.3. The Morgan fingerprint density at radius 3 is 1.46 bits per heavy atom. The van der Waals surface area contributed by atoms with Crippen molar-refractivity contribution < 1.29 is 10.2 Å². The third-order valence-electron chi connectivity index (χ3n) is 10.6. The minimum atomic E-state index is -0.946. The number of aromatic nitrogens is 1. The molecule has 4 bridgehead atoms. The molecule has 5 rings (SSSR count). The van der Waals surface area contributed by atoms with E-state index in [-0.39, 0.29) is 21.7 Å². The average molecular weight is 384 g/mol. The summed E-state index contributed by atoms with van der Waals surface area (Å²) in [5, 5.41) is 24.3. The van der Waals surface area contributed by atoms with Crippen molar-refractivity contribution in [3.8, 4) is 0 Å². The molecule has 0 saturated heterocycles. The van der Waals surface area contributed by atoms with Gasteiger partial charge >= 0.3 is 0 Å². The fraction of sp³-hybridized carbons (Fsp3) is 0.800. The summed E-state index contributed by atoms with van der Waals surface area (Å²) in [6.45, 7) is 13.4. The highest BCUT2D eigenvalue weighted by Crippen LogP contribution is 2.73. The molecule has 3 heteroatoms. The second kappa shape index (κ2) is 5.03. The number of hydrogen-bond acceptors (Lipinski definition) is 3. The minimum absolute atomic E-state index is 0.135. The molecule has 1 aromatic heterocycles. The van der Waals surface area contributed by atoms with Crippen molar-refractivity contribution in [1.82, 2.24) is 4.98 Å². The first-order valence-corrected chi connectivity index (χ1v) is 11.3. The zero-order valence-electron chi connectivity index (χ0n) is 18.5. The van der Waals surface area contributed by atoms with Crippen molar-refractivity contribution in [1.29, 1.82) is 0 Å². The molecule has 4 fully saturated rings. The highest BCUT2D eigenvalue weighted by molar-refractivity contribution is 5.34. The molecule has 3 nitrogen and oxygen atoms in total. The highest BCUT2D eigenvalue weighted by atomic mass is 16.3. The van der Waals surface area contributed by atoms with Crippen molar-refractivity contribution in [2.45, 2.75) is 91.3 Å². The van der Waals surface area contributed by atoms with E-state index in [2.05, 4.69) is 41.5 Å². The van der Waals surface area contributed by atoms with Crippen LogP contribution in [0.5, 0.6) is 0 Å². The van der Waals surface area contributed by atoms with Gasteiger partial charge < -0.3 is 10.2 Å². The summed E-state index contributed by atoms with van der Waals surface area (Å²) in [7, 11) is 0. The lowest BCUT2D eigenvalue weighted by Crippen LogP contribution is -2.54. The van der Waals surface area contributed by atoms with Gasteiger partial charge in [0.1, 0.15) is 11.2 Å². The van der Waals surface area contributed by atoms with Crippen LogP contribution in [0.3, 0.4) is 0 Å². The molecule has 4 aliphatic carbocycles. The first-order chi connectivity index (χ1) is 12.8. The number of rotatable bonds is 2. The molecule has 0 radical (unpaired) electrons. The summed E-state index contributed by atoms with van der Waals surface area (Å²) in [4.78, 5) is 5.10. The molecule has 28 heavy (non-hydrogen) atoms. The zero-order chi connectivity index (χ0) is 20.4. The Hall–Kier alpha value is -0.930. The molecule has 0 aromatic carbocycles. The van der Waals surface area contributed by atoms with E-state index in [0.717, 1.165) is 37.1 Å². The number of pyridine rings is 1. The largest absolute Gasteiger partial charge is 0.382 e. The molecule has 1 heterocycles. The van der Waals surface area contributed by atoms with Gasteiger partial charge in [0, 0.05) is 21.7 Å². The standard InChI is InChI=1S/C25H37NO2/c1-20(2)16-10-12-22(5,14-16)24(20,27)18-8-7-9-19(26-18)25(28)21(3,4)17-11-13-23(25,6)15-17/h7-9,16-17,27-28H,10-15H2,1-6H3/t16-,17-,22-,23-,24-,25-/m1/s1. The predicted molar refractivity (Wildman–Crippen MR) is 110 cm³/mol. The van der Waals surface area contributed by atoms with E-state index in [0.29, 0.717) is 11.8 Å². The summed E-state index contributed by atoms with van der Waals surface area (Å²) < 4.78 is 0. The van der Waals surface area contributed by atoms with Gasteiger partial charge in [-0.15, -0.1) is 0 Å². The molecular weight excluding hydrogens is 346 g/mol. The summed E-state index contributed by atoms with van der Waals surface area (Å²) in [5.74, 6) is 1.07. The van der Waals surface area contributed by atoms with Gasteiger partial charge in [0.05, 0.1) is 11.4 Å². The molecule has 4 aliphatic rings. The average Bonchev–Trinajstić information content (AvgIpc) is 3.31. The van der Waals surface area contributed by atoms with Gasteiger partial charge in [0.15, 0.2) is 0 Å². The Morgan fingerprint density at radius 2 is 1.14 bits per heavy atom. The third kappa shape index (κ3) is 1.75.